The molecule has 194 valence electrons. The van der Waals surface area contributed by atoms with E-state index in [1.54, 1.807) is 12.1 Å². The number of nitrogens with zero attached hydrogens (tertiary/aromatic N) is 3. The zero-order valence-electron chi connectivity index (χ0n) is 18.6. The highest BCUT2D eigenvalue weighted by Gasteiger charge is 2.36. The number of aryl methyl sites for hydroxylation is 2. The molecule has 14 heteroatoms. The maximum atomic E-state index is 12.8. The molecule has 8 nitrogen and oxygen atoms in total. The molecular formula is C22H20F6N4O4. The lowest BCUT2D eigenvalue weighted by Crippen LogP contribution is -2.36. The van der Waals surface area contributed by atoms with Gasteiger partial charge in [-0.25, -0.2) is 4.79 Å². The van der Waals surface area contributed by atoms with Gasteiger partial charge in [0.15, 0.2) is 0 Å². The van der Waals surface area contributed by atoms with Crippen molar-refractivity contribution in [3.63, 3.8) is 0 Å². The van der Waals surface area contributed by atoms with E-state index in [-0.39, 0.29) is 18.8 Å². The molecule has 0 spiro atoms. The number of halogens is 6. The monoisotopic (exact) mass is 518 g/mol. The van der Waals surface area contributed by atoms with E-state index in [0.717, 1.165) is 4.68 Å². The van der Waals surface area contributed by atoms with Crippen LogP contribution < -0.4 is 10.2 Å². The highest BCUT2D eigenvalue weighted by atomic mass is 19.4. The van der Waals surface area contributed by atoms with Crippen molar-refractivity contribution in [2.45, 2.75) is 50.6 Å². The summed E-state index contributed by atoms with van der Waals surface area (Å²) in [6.07, 6.45) is -11.3. The van der Waals surface area contributed by atoms with E-state index in [2.05, 4.69) is 10.4 Å². The van der Waals surface area contributed by atoms with Crippen molar-refractivity contribution >= 4 is 23.6 Å². The lowest BCUT2D eigenvalue weighted by molar-refractivity contribution is -0.154. The second-order valence-electron chi connectivity index (χ2n) is 8.52. The predicted molar refractivity (Wildman–Crippen MR) is 112 cm³/mol. The second kappa shape index (κ2) is 9.47. The van der Waals surface area contributed by atoms with E-state index in [0.29, 0.717) is 41.6 Å². The summed E-state index contributed by atoms with van der Waals surface area (Å²) in [5.74, 6) is -2.45. The number of hydrogen-bond donors (Lipinski definition) is 1. The van der Waals surface area contributed by atoms with Crippen molar-refractivity contribution in [2.24, 2.45) is 0 Å². The maximum Gasteiger partial charge on any atom is 0.414 e. The SMILES string of the molecule is O=C(CC(F)(F)F)NC[C@H]1CN(c2ccc3c(c2)CCCc2cnn(C(=O)CC(F)(F)F)c2-3)C(=O)O1. The number of alkyl halides is 6. The highest BCUT2D eigenvalue weighted by Crippen LogP contribution is 2.36. The number of rotatable bonds is 5. The molecule has 0 bridgehead atoms. The molecule has 1 aliphatic heterocycles. The Hall–Kier alpha value is -3.58. The minimum atomic E-state index is -4.69. The van der Waals surface area contributed by atoms with Crippen LogP contribution in [-0.2, 0) is 22.4 Å². The van der Waals surface area contributed by atoms with Crippen LogP contribution in [0.15, 0.2) is 24.4 Å². The van der Waals surface area contributed by atoms with Gasteiger partial charge in [-0.15, -0.1) is 0 Å². The number of carbonyl (C=O) groups is 3. The molecule has 2 amide bonds. The van der Waals surface area contributed by atoms with Crippen molar-refractivity contribution in [2.75, 3.05) is 18.0 Å². The third-order valence-corrected chi connectivity index (χ3v) is 5.74. The standard InChI is InChI=1S/C22H20F6N4O4/c23-21(24,25)7-17(33)29-10-15-11-31(20(35)36-15)14-4-5-16-12(6-14)2-1-3-13-9-30-32(19(13)16)18(34)8-22(26,27)28/h4-6,9,15H,1-3,7-8,10-11H2,(H,29,33)/t15-/m0/s1. The van der Waals surface area contributed by atoms with Gasteiger partial charge in [-0.2, -0.15) is 36.1 Å². The van der Waals surface area contributed by atoms with E-state index in [4.69, 9.17) is 4.74 Å². The fourth-order valence-electron chi connectivity index (χ4n) is 4.25. The number of hydrogen-bond acceptors (Lipinski definition) is 5. The average Bonchev–Trinajstić information content (AvgIpc) is 3.28. The van der Waals surface area contributed by atoms with E-state index in [9.17, 15) is 40.7 Å². The number of aromatic nitrogens is 2. The van der Waals surface area contributed by atoms with Crippen LogP contribution >= 0.6 is 0 Å². The largest absolute Gasteiger partial charge is 0.442 e. The lowest BCUT2D eigenvalue weighted by atomic mass is 10.0. The predicted octanol–water partition coefficient (Wildman–Crippen LogP) is 4.03. The van der Waals surface area contributed by atoms with Crippen molar-refractivity contribution < 1.29 is 45.5 Å². The number of fused-ring (bicyclic) bond motifs is 3. The Balaban J connectivity index is 1.52. The summed E-state index contributed by atoms with van der Waals surface area (Å²) >= 11 is 0. The molecule has 1 aliphatic carbocycles. The summed E-state index contributed by atoms with van der Waals surface area (Å²) < 4.78 is 81.2. The number of carbonyl (C=O) groups excluding carboxylic acids is 3. The summed E-state index contributed by atoms with van der Waals surface area (Å²) in [5.41, 5.74) is 2.51. The van der Waals surface area contributed by atoms with E-state index >= 15 is 0 Å². The molecule has 2 aromatic rings. The molecule has 1 aromatic carbocycles. The fourth-order valence-corrected chi connectivity index (χ4v) is 4.25. The first-order valence-electron chi connectivity index (χ1n) is 10.9. The summed E-state index contributed by atoms with van der Waals surface area (Å²) in [6, 6.07) is 4.77. The number of benzene rings is 1. The van der Waals surface area contributed by atoms with Gasteiger partial charge in [0, 0.05) is 11.3 Å². The average molecular weight is 518 g/mol. The Morgan fingerprint density at radius 2 is 1.75 bits per heavy atom. The molecule has 1 atom stereocenters. The quantitative estimate of drug-likeness (QED) is 0.604. The van der Waals surface area contributed by atoms with Crippen LogP contribution in [0.25, 0.3) is 11.3 Å². The van der Waals surface area contributed by atoms with Crippen LogP contribution in [0.3, 0.4) is 0 Å². The van der Waals surface area contributed by atoms with Gasteiger partial charge < -0.3 is 10.1 Å². The van der Waals surface area contributed by atoms with Gasteiger partial charge in [-0.3, -0.25) is 14.5 Å². The Morgan fingerprint density at radius 1 is 1.06 bits per heavy atom. The number of cyclic esters (lactones) is 1. The normalized spacial score (nSPS) is 17.8. The molecule has 1 N–H and O–H groups in total. The van der Waals surface area contributed by atoms with Gasteiger partial charge in [0.2, 0.25) is 5.91 Å². The molecular weight excluding hydrogens is 498 g/mol. The van der Waals surface area contributed by atoms with Crippen molar-refractivity contribution in [1.82, 2.24) is 15.1 Å². The molecule has 1 fully saturated rings. The first kappa shape index (κ1) is 25.5. The minimum Gasteiger partial charge on any atom is -0.442 e. The summed E-state index contributed by atoms with van der Waals surface area (Å²) in [7, 11) is 0. The summed E-state index contributed by atoms with van der Waals surface area (Å²) in [5, 5.41) is 5.97. The zero-order chi connectivity index (χ0) is 26.3. The van der Waals surface area contributed by atoms with Crippen molar-refractivity contribution in [3.8, 4) is 11.3 Å². The van der Waals surface area contributed by atoms with Gasteiger partial charge in [0.05, 0.1) is 25.0 Å². The van der Waals surface area contributed by atoms with E-state index in [1.807, 2.05) is 0 Å². The second-order valence-corrected chi connectivity index (χ2v) is 8.52. The van der Waals surface area contributed by atoms with Gasteiger partial charge in [-0.05, 0) is 42.5 Å². The van der Waals surface area contributed by atoms with Crippen molar-refractivity contribution in [1.29, 1.82) is 0 Å². The first-order chi connectivity index (χ1) is 16.8. The molecule has 2 heterocycles. The first-order valence-corrected chi connectivity index (χ1v) is 10.9. The van der Waals surface area contributed by atoms with Gasteiger partial charge in [0.1, 0.15) is 18.9 Å². The topological polar surface area (TPSA) is 93.5 Å². The molecule has 1 saturated heterocycles. The molecule has 0 unspecified atom stereocenters. The number of amides is 2. The van der Waals surface area contributed by atoms with Crippen LogP contribution in [0.1, 0.15) is 35.2 Å². The van der Waals surface area contributed by atoms with Gasteiger partial charge in [-0.1, -0.05) is 6.07 Å². The number of nitrogens with one attached hydrogen (secondary N) is 1. The maximum absolute atomic E-state index is 12.8. The third kappa shape index (κ3) is 5.79. The molecule has 0 saturated carbocycles. The van der Waals surface area contributed by atoms with Crippen LogP contribution in [0, 0.1) is 0 Å². The zero-order valence-corrected chi connectivity index (χ0v) is 18.6. The van der Waals surface area contributed by atoms with Gasteiger partial charge >= 0.3 is 18.4 Å². The summed E-state index contributed by atoms with van der Waals surface area (Å²) in [6.45, 7) is -0.330. The fraction of sp³-hybridized carbons (Fsp3) is 0.455. The smallest absolute Gasteiger partial charge is 0.414 e. The van der Waals surface area contributed by atoms with Crippen LogP contribution in [0.4, 0.5) is 36.8 Å². The Labute approximate surface area is 200 Å². The van der Waals surface area contributed by atoms with Crippen LogP contribution in [0.5, 0.6) is 0 Å². The lowest BCUT2D eigenvalue weighted by Gasteiger charge is -2.17. The molecule has 4 rings (SSSR count). The Kier molecular flexibility index (Phi) is 6.71. The highest BCUT2D eigenvalue weighted by molar-refractivity contribution is 5.91. The number of anilines is 1. The van der Waals surface area contributed by atoms with Gasteiger partial charge in [0.25, 0.3) is 5.91 Å². The third-order valence-electron chi connectivity index (χ3n) is 5.74. The number of ether oxygens (including phenoxy) is 1. The Bertz CT molecular complexity index is 1190. The summed E-state index contributed by atoms with van der Waals surface area (Å²) in [4.78, 5) is 37.3. The Morgan fingerprint density at radius 3 is 2.44 bits per heavy atom. The van der Waals surface area contributed by atoms with Crippen LogP contribution in [-0.4, -0.2) is 59.2 Å². The molecule has 0 radical (unpaired) electrons. The van der Waals surface area contributed by atoms with Crippen LogP contribution in [0.2, 0.25) is 0 Å². The molecule has 36 heavy (non-hydrogen) atoms. The van der Waals surface area contributed by atoms with E-state index in [1.165, 1.54) is 17.2 Å². The van der Waals surface area contributed by atoms with E-state index < -0.39 is 49.2 Å². The molecule has 1 aromatic heterocycles. The minimum absolute atomic E-state index is 0.0306. The molecule has 2 aliphatic rings. The van der Waals surface area contributed by atoms with Crippen molar-refractivity contribution in [3.05, 3.63) is 35.5 Å².